The number of likely N-dealkylation sites (tertiary alicyclic amines) is 1. The standard InChI is InChI=1S/C18H24N2O2S/c1-12-5-6-13(2)16(10-12)23-11-17(21)20-9-3-4-15(20)18(22)19-14-7-8-14/h5-6,10,14-15H,3-4,7-9,11H2,1-2H3,(H,19,22). The van der Waals surface area contributed by atoms with Crippen molar-refractivity contribution in [2.24, 2.45) is 0 Å². The van der Waals surface area contributed by atoms with Crippen LogP contribution in [0.1, 0.15) is 36.8 Å². The van der Waals surface area contributed by atoms with Crippen molar-refractivity contribution >= 4 is 23.6 Å². The van der Waals surface area contributed by atoms with Crippen LogP contribution in [0.4, 0.5) is 0 Å². The Labute approximate surface area is 142 Å². The Morgan fingerprint density at radius 2 is 2.04 bits per heavy atom. The molecule has 5 heteroatoms. The fourth-order valence-electron chi connectivity index (χ4n) is 2.95. The van der Waals surface area contributed by atoms with E-state index >= 15 is 0 Å². The van der Waals surface area contributed by atoms with Gasteiger partial charge in [0.25, 0.3) is 0 Å². The molecule has 1 unspecified atom stereocenters. The molecule has 2 aliphatic rings. The minimum atomic E-state index is -0.262. The number of carbonyl (C=O) groups is 2. The summed E-state index contributed by atoms with van der Waals surface area (Å²) in [5, 5.41) is 3.03. The lowest BCUT2D eigenvalue weighted by Gasteiger charge is -2.24. The molecule has 1 saturated heterocycles. The third-order valence-electron chi connectivity index (χ3n) is 4.49. The first-order valence-corrected chi connectivity index (χ1v) is 9.33. The lowest BCUT2D eigenvalue weighted by atomic mass is 10.2. The van der Waals surface area contributed by atoms with E-state index in [1.807, 2.05) is 0 Å². The lowest BCUT2D eigenvalue weighted by Crippen LogP contribution is -2.47. The Morgan fingerprint density at radius 3 is 2.78 bits per heavy atom. The number of nitrogens with one attached hydrogen (secondary N) is 1. The first-order chi connectivity index (χ1) is 11.0. The van der Waals surface area contributed by atoms with Gasteiger partial charge in [-0.05, 0) is 51.2 Å². The molecule has 3 rings (SSSR count). The third kappa shape index (κ3) is 4.08. The van der Waals surface area contributed by atoms with E-state index in [0.29, 0.717) is 18.3 Å². The predicted molar refractivity (Wildman–Crippen MR) is 92.5 cm³/mol. The molecule has 1 heterocycles. The number of carbonyl (C=O) groups excluding carboxylic acids is 2. The van der Waals surface area contributed by atoms with Crippen molar-refractivity contribution in [3.8, 4) is 0 Å². The molecular formula is C18H24N2O2S. The minimum Gasteiger partial charge on any atom is -0.352 e. The number of rotatable bonds is 5. The molecule has 1 N–H and O–H groups in total. The van der Waals surface area contributed by atoms with Crippen LogP contribution in [0.25, 0.3) is 0 Å². The summed E-state index contributed by atoms with van der Waals surface area (Å²) in [7, 11) is 0. The quantitative estimate of drug-likeness (QED) is 0.844. The van der Waals surface area contributed by atoms with Gasteiger partial charge >= 0.3 is 0 Å². The smallest absolute Gasteiger partial charge is 0.243 e. The van der Waals surface area contributed by atoms with Gasteiger partial charge in [-0.2, -0.15) is 0 Å². The minimum absolute atomic E-state index is 0.0371. The van der Waals surface area contributed by atoms with E-state index in [2.05, 4.69) is 37.4 Å². The van der Waals surface area contributed by atoms with Crippen molar-refractivity contribution in [3.05, 3.63) is 29.3 Å². The molecule has 1 aromatic rings. The fraction of sp³-hybridized carbons (Fsp3) is 0.556. The van der Waals surface area contributed by atoms with Crippen LogP contribution in [0.3, 0.4) is 0 Å². The topological polar surface area (TPSA) is 49.4 Å². The third-order valence-corrected chi connectivity index (χ3v) is 5.64. The summed E-state index contributed by atoms with van der Waals surface area (Å²) in [5.74, 6) is 0.511. The van der Waals surface area contributed by atoms with Gasteiger partial charge in [-0.3, -0.25) is 9.59 Å². The van der Waals surface area contributed by atoms with E-state index in [9.17, 15) is 9.59 Å². The maximum absolute atomic E-state index is 12.6. The molecule has 23 heavy (non-hydrogen) atoms. The van der Waals surface area contributed by atoms with Gasteiger partial charge in [0.2, 0.25) is 11.8 Å². The molecule has 124 valence electrons. The average Bonchev–Trinajstić information content (AvgIpc) is 3.19. The highest BCUT2D eigenvalue weighted by molar-refractivity contribution is 8.00. The summed E-state index contributed by atoms with van der Waals surface area (Å²) in [5.41, 5.74) is 2.39. The van der Waals surface area contributed by atoms with E-state index in [4.69, 9.17) is 0 Å². The Morgan fingerprint density at radius 1 is 1.26 bits per heavy atom. The molecule has 1 aromatic carbocycles. The van der Waals surface area contributed by atoms with Gasteiger partial charge in [0.05, 0.1) is 5.75 Å². The van der Waals surface area contributed by atoms with E-state index < -0.39 is 0 Å². The lowest BCUT2D eigenvalue weighted by molar-refractivity contribution is -0.136. The molecule has 1 aliphatic heterocycles. The van der Waals surface area contributed by atoms with Crippen LogP contribution >= 0.6 is 11.8 Å². The molecule has 4 nitrogen and oxygen atoms in total. The van der Waals surface area contributed by atoms with Crippen LogP contribution in [0, 0.1) is 13.8 Å². The molecule has 1 aliphatic carbocycles. The second kappa shape index (κ2) is 6.95. The highest BCUT2D eigenvalue weighted by atomic mass is 32.2. The van der Waals surface area contributed by atoms with Crippen molar-refractivity contribution in [2.75, 3.05) is 12.3 Å². The highest BCUT2D eigenvalue weighted by Gasteiger charge is 2.36. The first-order valence-electron chi connectivity index (χ1n) is 8.34. The summed E-state index contributed by atoms with van der Waals surface area (Å²) >= 11 is 1.57. The average molecular weight is 332 g/mol. The number of nitrogens with zero attached hydrogens (tertiary/aromatic N) is 1. The van der Waals surface area contributed by atoms with Gasteiger partial charge in [-0.1, -0.05) is 17.7 Å². The molecule has 1 atom stereocenters. The molecule has 2 amide bonds. The zero-order chi connectivity index (χ0) is 16.4. The maximum Gasteiger partial charge on any atom is 0.243 e. The van der Waals surface area contributed by atoms with Crippen LogP contribution < -0.4 is 5.32 Å². The van der Waals surface area contributed by atoms with Crippen molar-refractivity contribution in [1.82, 2.24) is 10.2 Å². The monoisotopic (exact) mass is 332 g/mol. The molecule has 1 saturated carbocycles. The van der Waals surface area contributed by atoms with Crippen LogP contribution in [-0.4, -0.2) is 41.1 Å². The molecule has 0 aromatic heterocycles. The number of hydrogen-bond donors (Lipinski definition) is 1. The van der Waals surface area contributed by atoms with Gasteiger partial charge in [0, 0.05) is 17.5 Å². The van der Waals surface area contributed by atoms with E-state index in [1.54, 1.807) is 16.7 Å². The number of benzene rings is 1. The normalized spacial score (nSPS) is 20.6. The highest BCUT2D eigenvalue weighted by Crippen LogP contribution is 2.26. The number of amides is 2. The van der Waals surface area contributed by atoms with Crippen molar-refractivity contribution in [2.45, 2.75) is 56.5 Å². The van der Waals surface area contributed by atoms with Crippen LogP contribution in [0.2, 0.25) is 0 Å². The summed E-state index contributed by atoms with van der Waals surface area (Å²) in [4.78, 5) is 27.8. The van der Waals surface area contributed by atoms with Crippen LogP contribution in [0.15, 0.2) is 23.1 Å². The van der Waals surface area contributed by atoms with Crippen molar-refractivity contribution in [3.63, 3.8) is 0 Å². The Hall–Kier alpha value is -1.49. The Balaban J connectivity index is 1.58. The van der Waals surface area contributed by atoms with Gasteiger partial charge in [-0.15, -0.1) is 11.8 Å². The van der Waals surface area contributed by atoms with Gasteiger partial charge < -0.3 is 10.2 Å². The Kier molecular flexibility index (Phi) is 4.95. The van der Waals surface area contributed by atoms with E-state index in [-0.39, 0.29) is 17.9 Å². The fourth-order valence-corrected chi connectivity index (χ4v) is 3.96. The van der Waals surface area contributed by atoms with E-state index in [1.165, 1.54) is 11.1 Å². The molecule has 2 fully saturated rings. The zero-order valence-electron chi connectivity index (χ0n) is 13.8. The molecule has 0 radical (unpaired) electrons. The number of aryl methyl sites for hydroxylation is 2. The van der Waals surface area contributed by atoms with Crippen molar-refractivity contribution < 1.29 is 9.59 Å². The zero-order valence-corrected chi connectivity index (χ0v) is 14.6. The predicted octanol–water partition coefficient (Wildman–Crippen LogP) is 2.67. The van der Waals surface area contributed by atoms with Crippen LogP contribution in [0.5, 0.6) is 0 Å². The van der Waals surface area contributed by atoms with Gasteiger partial charge in [0.15, 0.2) is 0 Å². The maximum atomic E-state index is 12.6. The number of hydrogen-bond acceptors (Lipinski definition) is 3. The van der Waals surface area contributed by atoms with Gasteiger partial charge in [-0.25, -0.2) is 0 Å². The summed E-state index contributed by atoms with van der Waals surface area (Å²) in [6.07, 6.45) is 3.87. The second-order valence-electron chi connectivity index (χ2n) is 6.59. The van der Waals surface area contributed by atoms with Gasteiger partial charge in [0.1, 0.15) is 6.04 Å². The number of thioether (sulfide) groups is 1. The summed E-state index contributed by atoms with van der Waals surface area (Å²) < 4.78 is 0. The summed E-state index contributed by atoms with van der Waals surface area (Å²) in [6, 6.07) is 6.38. The summed E-state index contributed by atoms with van der Waals surface area (Å²) in [6.45, 7) is 4.83. The van der Waals surface area contributed by atoms with Crippen molar-refractivity contribution in [1.29, 1.82) is 0 Å². The van der Waals surface area contributed by atoms with E-state index in [0.717, 1.165) is 30.6 Å². The SMILES string of the molecule is Cc1ccc(C)c(SCC(=O)N2CCCC2C(=O)NC2CC2)c1. The van der Waals surface area contributed by atoms with Crippen LogP contribution in [-0.2, 0) is 9.59 Å². The largest absolute Gasteiger partial charge is 0.352 e. The molecular weight excluding hydrogens is 308 g/mol. The molecule has 0 bridgehead atoms. The first kappa shape index (κ1) is 16.4. The Bertz CT molecular complexity index is 613. The second-order valence-corrected chi connectivity index (χ2v) is 7.60. The molecule has 0 spiro atoms.